The lowest BCUT2D eigenvalue weighted by atomic mass is 9.94. The summed E-state index contributed by atoms with van der Waals surface area (Å²) < 4.78 is 33.0. The third-order valence-corrected chi connectivity index (χ3v) is 5.74. The molecule has 1 saturated heterocycles. The Hall–Kier alpha value is -0.630. The first-order valence-electron chi connectivity index (χ1n) is 6.09. The van der Waals surface area contributed by atoms with Crippen LogP contribution in [0.3, 0.4) is 0 Å². The van der Waals surface area contributed by atoms with E-state index in [0.29, 0.717) is 37.4 Å². The summed E-state index contributed by atoms with van der Waals surface area (Å²) in [5.41, 5.74) is 0.359. The van der Waals surface area contributed by atoms with Crippen LogP contribution in [0.1, 0.15) is 24.2 Å². The van der Waals surface area contributed by atoms with Crippen molar-refractivity contribution in [2.45, 2.75) is 37.1 Å². The standard InChI is InChI=1S/C11H18ClN3O3S/c1-8-10(9(2)14-13-8)19(16,17)15-11(7-12)3-5-18-6-4-11/h15H,3-7H2,1-2H3,(H,13,14). The zero-order valence-electron chi connectivity index (χ0n) is 11.0. The Labute approximate surface area is 117 Å². The van der Waals surface area contributed by atoms with Crippen molar-refractivity contribution in [3.05, 3.63) is 11.4 Å². The molecule has 0 amide bonds. The molecule has 2 heterocycles. The third kappa shape index (κ3) is 2.94. The SMILES string of the molecule is Cc1n[nH]c(C)c1S(=O)(=O)NC1(CCl)CCOCC1. The highest BCUT2D eigenvalue weighted by molar-refractivity contribution is 7.89. The van der Waals surface area contributed by atoms with Crippen molar-refractivity contribution in [2.24, 2.45) is 0 Å². The second-order valence-corrected chi connectivity index (χ2v) is 6.78. The third-order valence-electron chi connectivity index (χ3n) is 3.39. The van der Waals surface area contributed by atoms with Gasteiger partial charge in [-0.3, -0.25) is 5.10 Å². The predicted octanol–water partition coefficient (Wildman–Crippen LogP) is 1.09. The summed E-state index contributed by atoms with van der Waals surface area (Å²) in [4.78, 5) is 0.212. The first kappa shape index (κ1) is 14.8. The number of H-pyrrole nitrogens is 1. The number of sulfonamides is 1. The number of halogens is 1. The topological polar surface area (TPSA) is 84.1 Å². The molecule has 1 aliphatic rings. The number of aromatic amines is 1. The molecule has 8 heteroatoms. The quantitative estimate of drug-likeness (QED) is 0.816. The van der Waals surface area contributed by atoms with Gasteiger partial charge in [0.25, 0.3) is 0 Å². The molecule has 0 spiro atoms. The molecule has 0 unspecified atom stereocenters. The summed E-state index contributed by atoms with van der Waals surface area (Å²) in [5.74, 6) is 0.228. The molecule has 0 bridgehead atoms. The van der Waals surface area contributed by atoms with E-state index in [1.54, 1.807) is 13.8 Å². The average Bonchev–Trinajstić information content (AvgIpc) is 2.70. The van der Waals surface area contributed by atoms with Gasteiger partial charge < -0.3 is 4.74 Å². The van der Waals surface area contributed by atoms with Gasteiger partial charge in [-0.15, -0.1) is 11.6 Å². The van der Waals surface area contributed by atoms with Crippen LogP contribution >= 0.6 is 11.6 Å². The molecular weight excluding hydrogens is 290 g/mol. The van der Waals surface area contributed by atoms with Crippen LogP contribution in [0.5, 0.6) is 0 Å². The van der Waals surface area contributed by atoms with Crippen LogP contribution in [-0.4, -0.2) is 43.2 Å². The molecule has 6 nitrogen and oxygen atoms in total. The summed E-state index contributed by atoms with van der Waals surface area (Å²) in [6.07, 6.45) is 1.15. The van der Waals surface area contributed by atoms with Gasteiger partial charge in [-0.1, -0.05) is 0 Å². The molecule has 1 aromatic heterocycles. The number of ether oxygens (including phenoxy) is 1. The normalized spacial score (nSPS) is 19.5. The van der Waals surface area contributed by atoms with E-state index in [0.717, 1.165) is 0 Å². The zero-order chi connectivity index (χ0) is 14.1. The predicted molar refractivity (Wildman–Crippen MR) is 71.9 cm³/mol. The first-order chi connectivity index (χ1) is 8.90. The van der Waals surface area contributed by atoms with E-state index in [4.69, 9.17) is 16.3 Å². The summed E-state index contributed by atoms with van der Waals surface area (Å²) in [6, 6.07) is 0. The molecule has 1 aliphatic heterocycles. The summed E-state index contributed by atoms with van der Waals surface area (Å²) in [6.45, 7) is 4.37. The number of nitrogens with zero attached hydrogens (tertiary/aromatic N) is 1. The minimum absolute atomic E-state index is 0.212. The fourth-order valence-corrected chi connectivity index (χ4v) is 4.54. The summed E-state index contributed by atoms with van der Waals surface area (Å²) in [5, 5.41) is 6.61. The van der Waals surface area contributed by atoms with Crippen molar-refractivity contribution in [1.82, 2.24) is 14.9 Å². The van der Waals surface area contributed by atoms with Crippen molar-refractivity contribution < 1.29 is 13.2 Å². The Morgan fingerprint density at radius 2 is 2.05 bits per heavy atom. The maximum atomic E-state index is 12.5. The number of hydrogen-bond acceptors (Lipinski definition) is 4. The van der Waals surface area contributed by atoms with Gasteiger partial charge >= 0.3 is 0 Å². The van der Waals surface area contributed by atoms with E-state index in [-0.39, 0.29) is 10.8 Å². The first-order valence-corrected chi connectivity index (χ1v) is 8.11. The fraction of sp³-hybridized carbons (Fsp3) is 0.727. The Kier molecular flexibility index (Phi) is 4.20. The number of nitrogens with one attached hydrogen (secondary N) is 2. The van der Waals surface area contributed by atoms with Gasteiger partial charge in [0.2, 0.25) is 10.0 Å². The Bertz CT molecular complexity index is 530. The lowest BCUT2D eigenvalue weighted by Crippen LogP contribution is -2.53. The van der Waals surface area contributed by atoms with E-state index in [1.165, 1.54) is 0 Å². The largest absolute Gasteiger partial charge is 0.381 e. The Morgan fingerprint density at radius 1 is 1.42 bits per heavy atom. The highest BCUT2D eigenvalue weighted by Crippen LogP contribution is 2.26. The van der Waals surface area contributed by atoms with Crippen LogP contribution < -0.4 is 4.72 Å². The van der Waals surface area contributed by atoms with Gasteiger partial charge in [0.05, 0.1) is 16.9 Å². The minimum Gasteiger partial charge on any atom is -0.381 e. The van der Waals surface area contributed by atoms with Gasteiger partial charge in [-0.05, 0) is 26.7 Å². The van der Waals surface area contributed by atoms with Crippen LogP contribution in [0.25, 0.3) is 0 Å². The molecule has 0 aromatic carbocycles. The van der Waals surface area contributed by atoms with Crippen molar-refractivity contribution in [3.63, 3.8) is 0 Å². The molecule has 1 aromatic rings. The van der Waals surface area contributed by atoms with E-state index >= 15 is 0 Å². The van der Waals surface area contributed by atoms with Gasteiger partial charge in [0.1, 0.15) is 4.90 Å². The number of aromatic nitrogens is 2. The van der Waals surface area contributed by atoms with Gasteiger partial charge in [-0.2, -0.15) is 5.10 Å². The van der Waals surface area contributed by atoms with Crippen molar-refractivity contribution in [1.29, 1.82) is 0 Å². The van der Waals surface area contributed by atoms with Crippen molar-refractivity contribution in [3.8, 4) is 0 Å². The maximum Gasteiger partial charge on any atom is 0.244 e. The Balaban J connectivity index is 2.30. The van der Waals surface area contributed by atoms with Crippen LogP contribution in [0.4, 0.5) is 0 Å². The van der Waals surface area contributed by atoms with Crippen molar-refractivity contribution in [2.75, 3.05) is 19.1 Å². The zero-order valence-corrected chi connectivity index (χ0v) is 12.6. The van der Waals surface area contributed by atoms with Crippen LogP contribution in [-0.2, 0) is 14.8 Å². The van der Waals surface area contributed by atoms with Crippen molar-refractivity contribution >= 4 is 21.6 Å². The van der Waals surface area contributed by atoms with Crippen LogP contribution in [0, 0.1) is 13.8 Å². The summed E-state index contributed by atoms with van der Waals surface area (Å²) >= 11 is 5.98. The molecular formula is C11H18ClN3O3S. The number of hydrogen-bond donors (Lipinski definition) is 2. The molecule has 19 heavy (non-hydrogen) atoms. The van der Waals surface area contributed by atoms with Crippen LogP contribution in [0.2, 0.25) is 0 Å². The molecule has 108 valence electrons. The molecule has 1 fully saturated rings. The highest BCUT2D eigenvalue weighted by atomic mass is 35.5. The number of rotatable bonds is 4. The second-order valence-electron chi connectivity index (χ2n) is 4.89. The van der Waals surface area contributed by atoms with Gasteiger partial charge in [-0.25, -0.2) is 13.1 Å². The molecule has 0 aliphatic carbocycles. The Morgan fingerprint density at radius 3 is 2.53 bits per heavy atom. The molecule has 2 N–H and O–H groups in total. The van der Waals surface area contributed by atoms with Crippen LogP contribution in [0.15, 0.2) is 4.90 Å². The molecule has 0 saturated carbocycles. The van der Waals surface area contributed by atoms with Gasteiger partial charge in [0, 0.05) is 19.1 Å². The lowest BCUT2D eigenvalue weighted by molar-refractivity contribution is 0.0549. The number of aryl methyl sites for hydroxylation is 2. The second kappa shape index (κ2) is 5.40. The monoisotopic (exact) mass is 307 g/mol. The molecule has 0 atom stereocenters. The fourth-order valence-electron chi connectivity index (χ4n) is 2.30. The van der Waals surface area contributed by atoms with E-state index in [1.807, 2.05) is 0 Å². The van der Waals surface area contributed by atoms with Gasteiger partial charge in [0.15, 0.2) is 0 Å². The number of alkyl halides is 1. The maximum absolute atomic E-state index is 12.5. The lowest BCUT2D eigenvalue weighted by Gasteiger charge is -2.35. The smallest absolute Gasteiger partial charge is 0.244 e. The van der Waals surface area contributed by atoms with E-state index in [9.17, 15) is 8.42 Å². The molecule has 2 rings (SSSR count). The molecule has 0 radical (unpaired) electrons. The highest BCUT2D eigenvalue weighted by Gasteiger charge is 2.37. The summed E-state index contributed by atoms with van der Waals surface area (Å²) in [7, 11) is -3.63. The van der Waals surface area contributed by atoms with E-state index < -0.39 is 15.6 Å². The average molecular weight is 308 g/mol. The van der Waals surface area contributed by atoms with E-state index in [2.05, 4.69) is 14.9 Å². The minimum atomic E-state index is -3.63.